The van der Waals surface area contributed by atoms with Gasteiger partial charge in [0.25, 0.3) is 0 Å². The van der Waals surface area contributed by atoms with Crippen LogP contribution in [0.5, 0.6) is 0 Å². The third-order valence-corrected chi connectivity index (χ3v) is 8.31. The van der Waals surface area contributed by atoms with Crippen LogP contribution < -0.4 is 0 Å². The highest BCUT2D eigenvalue weighted by atomic mass is 35.5. The maximum atomic E-state index is 13.8. The van der Waals surface area contributed by atoms with Gasteiger partial charge in [0.1, 0.15) is 5.82 Å². The Morgan fingerprint density at radius 2 is 1.55 bits per heavy atom. The topological polar surface area (TPSA) is 27.7 Å². The van der Waals surface area contributed by atoms with Gasteiger partial charge >= 0.3 is 0 Å². The van der Waals surface area contributed by atoms with Crippen LogP contribution in [0, 0.1) is 29.5 Å². The fraction of sp³-hybridized carbons (Fsp3) is 0.769. The van der Waals surface area contributed by atoms with Gasteiger partial charge in [0.2, 0.25) is 0 Å². The van der Waals surface area contributed by atoms with Gasteiger partial charge in [-0.1, -0.05) is 17.7 Å². The molecule has 0 bridgehead atoms. The van der Waals surface area contributed by atoms with Crippen molar-refractivity contribution in [3.05, 3.63) is 34.6 Å². The van der Waals surface area contributed by atoms with Crippen molar-refractivity contribution in [2.75, 3.05) is 26.9 Å². The summed E-state index contributed by atoms with van der Waals surface area (Å²) < 4.78 is 31.2. The average molecular weight is 453 g/mol. The lowest BCUT2D eigenvalue weighted by atomic mass is 9.68. The van der Waals surface area contributed by atoms with Gasteiger partial charge in [-0.2, -0.15) is 0 Å². The zero-order valence-corrected chi connectivity index (χ0v) is 19.6. The molecule has 0 N–H and O–H groups in total. The molecule has 0 aromatic heterocycles. The average Bonchev–Trinajstić information content (AvgIpc) is 2.82. The fourth-order valence-corrected chi connectivity index (χ4v) is 6.21. The van der Waals surface area contributed by atoms with E-state index in [1.165, 1.54) is 51.4 Å². The molecule has 4 rings (SSSR count). The van der Waals surface area contributed by atoms with Crippen molar-refractivity contribution in [3.8, 4) is 0 Å². The Morgan fingerprint density at radius 1 is 0.935 bits per heavy atom. The van der Waals surface area contributed by atoms with Crippen LogP contribution in [-0.4, -0.2) is 33.2 Å². The molecule has 31 heavy (non-hydrogen) atoms. The number of benzene rings is 1. The van der Waals surface area contributed by atoms with E-state index in [4.69, 9.17) is 25.8 Å². The molecule has 5 heteroatoms. The highest BCUT2D eigenvalue weighted by Crippen LogP contribution is 2.45. The third-order valence-electron chi connectivity index (χ3n) is 8.01. The molecule has 0 radical (unpaired) electrons. The molecular weight excluding hydrogens is 415 g/mol. The van der Waals surface area contributed by atoms with Crippen molar-refractivity contribution in [2.24, 2.45) is 23.7 Å². The summed E-state index contributed by atoms with van der Waals surface area (Å²) in [5.41, 5.74) is 1.12. The Bertz CT molecular complexity index is 675. The van der Waals surface area contributed by atoms with Gasteiger partial charge in [-0.3, -0.25) is 0 Å². The van der Waals surface area contributed by atoms with Crippen LogP contribution in [0.15, 0.2) is 18.2 Å². The van der Waals surface area contributed by atoms with E-state index < -0.39 is 0 Å². The van der Waals surface area contributed by atoms with Crippen molar-refractivity contribution in [2.45, 2.75) is 76.4 Å². The number of rotatable bonds is 7. The Labute approximate surface area is 192 Å². The van der Waals surface area contributed by atoms with E-state index in [9.17, 15) is 4.39 Å². The monoisotopic (exact) mass is 452 g/mol. The Kier molecular flexibility index (Phi) is 8.67. The fourth-order valence-electron chi connectivity index (χ4n) is 6.09. The molecule has 0 amide bonds. The van der Waals surface area contributed by atoms with E-state index in [1.54, 1.807) is 19.2 Å². The predicted octanol–water partition coefficient (Wildman–Crippen LogP) is 6.98. The maximum absolute atomic E-state index is 13.8. The van der Waals surface area contributed by atoms with Crippen LogP contribution in [0.1, 0.15) is 75.7 Å². The van der Waals surface area contributed by atoms with Gasteiger partial charge in [0, 0.05) is 25.6 Å². The lowest BCUT2D eigenvalue weighted by molar-refractivity contribution is -0.230. The zero-order chi connectivity index (χ0) is 21.6. The normalized spacial score (nSPS) is 34.5. The summed E-state index contributed by atoms with van der Waals surface area (Å²) in [6.45, 7) is 2.50. The Balaban J connectivity index is 1.17. The first-order valence-electron chi connectivity index (χ1n) is 12.3. The maximum Gasteiger partial charge on any atom is 0.160 e. The second kappa shape index (κ2) is 11.4. The minimum atomic E-state index is -0.284. The largest absolute Gasteiger partial charge is 0.385 e. The lowest BCUT2D eigenvalue weighted by Crippen LogP contribution is -2.39. The van der Waals surface area contributed by atoms with Crippen LogP contribution in [0.25, 0.3) is 0 Å². The molecule has 1 aliphatic heterocycles. The summed E-state index contributed by atoms with van der Waals surface area (Å²) in [5.74, 6) is 2.95. The van der Waals surface area contributed by atoms with Crippen LogP contribution in [-0.2, 0) is 14.2 Å². The summed E-state index contributed by atoms with van der Waals surface area (Å²) in [7, 11) is 1.76. The standard InChI is InChI=1S/C26H38ClFO3/c1-29-14-2-3-18-16-30-26(31-17-18)22-10-8-20(9-11-22)19-4-6-21(7-5-19)23-12-13-24(27)25(28)15-23/h12-13,15,18-22,26H,2-11,14,16-17H2,1H3. The quantitative estimate of drug-likeness (QED) is 0.418. The molecule has 3 aliphatic rings. The van der Waals surface area contributed by atoms with E-state index in [0.717, 1.165) is 50.1 Å². The molecule has 1 aromatic carbocycles. The molecule has 1 heterocycles. The Morgan fingerprint density at radius 3 is 2.16 bits per heavy atom. The van der Waals surface area contributed by atoms with Crippen LogP contribution in [0.3, 0.4) is 0 Å². The summed E-state index contributed by atoms with van der Waals surface area (Å²) in [6, 6.07) is 5.36. The molecule has 0 atom stereocenters. The van der Waals surface area contributed by atoms with E-state index in [2.05, 4.69) is 0 Å². The number of hydrogen-bond acceptors (Lipinski definition) is 3. The lowest BCUT2D eigenvalue weighted by Gasteiger charge is -2.41. The molecular formula is C26H38ClFO3. The number of hydrogen-bond donors (Lipinski definition) is 0. The predicted molar refractivity (Wildman–Crippen MR) is 122 cm³/mol. The highest BCUT2D eigenvalue weighted by molar-refractivity contribution is 6.30. The molecule has 2 aliphatic carbocycles. The van der Waals surface area contributed by atoms with Gasteiger partial charge in [0.15, 0.2) is 6.29 Å². The molecule has 174 valence electrons. The van der Waals surface area contributed by atoms with Crippen molar-refractivity contribution in [3.63, 3.8) is 0 Å². The van der Waals surface area contributed by atoms with Crippen LogP contribution in [0.2, 0.25) is 5.02 Å². The third kappa shape index (κ3) is 6.22. The molecule has 0 spiro atoms. The van der Waals surface area contributed by atoms with Crippen molar-refractivity contribution in [1.29, 1.82) is 0 Å². The first-order valence-corrected chi connectivity index (χ1v) is 12.7. The van der Waals surface area contributed by atoms with E-state index in [-0.39, 0.29) is 17.1 Å². The van der Waals surface area contributed by atoms with Crippen molar-refractivity contribution >= 4 is 11.6 Å². The molecule has 1 saturated heterocycles. The van der Waals surface area contributed by atoms with Gasteiger partial charge in [0.05, 0.1) is 18.2 Å². The van der Waals surface area contributed by atoms with E-state index in [1.807, 2.05) is 6.07 Å². The van der Waals surface area contributed by atoms with Crippen molar-refractivity contribution in [1.82, 2.24) is 0 Å². The van der Waals surface area contributed by atoms with Crippen LogP contribution >= 0.6 is 11.6 Å². The minimum absolute atomic E-state index is 0.00941. The first-order chi connectivity index (χ1) is 15.1. The number of methoxy groups -OCH3 is 1. The molecule has 2 saturated carbocycles. The second-order valence-electron chi connectivity index (χ2n) is 10.00. The van der Waals surface area contributed by atoms with E-state index >= 15 is 0 Å². The SMILES string of the molecule is COCCCC1COC(C2CCC(C3CCC(c4ccc(Cl)c(F)c4)CC3)CC2)OC1. The number of halogens is 2. The molecule has 0 unspecified atom stereocenters. The smallest absolute Gasteiger partial charge is 0.160 e. The van der Waals surface area contributed by atoms with Gasteiger partial charge < -0.3 is 14.2 Å². The molecule has 3 nitrogen and oxygen atoms in total. The Hall–Kier alpha value is -0.680. The van der Waals surface area contributed by atoms with Crippen LogP contribution in [0.4, 0.5) is 4.39 Å². The second-order valence-corrected chi connectivity index (χ2v) is 10.4. The summed E-state index contributed by atoms with van der Waals surface area (Å²) in [6.07, 6.45) is 12.2. The molecule has 3 fully saturated rings. The van der Waals surface area contributed by atoms with E-state index in [0.29, 0.717) is 17.8 Å². The van der Waals surface area contributed by atoms with Crippen molar-refractivity contribution < 1.29 is 18.6 Å². The van der Waals surface area contributed by atoms with Gasteiger partial charge in [-0.15, -0.1) is 0 Å². The number of ether oxygens (including phenoxy) is 3. The van der Waals surface area contributed by atoms with Gasteiger partial charge in [-0.05, 0) is 99.7 Å². The van der Waals surface area contributed by atoms with Gasteiger partial charge in [-0.25, -0.2) is 4.39 Å². The summed E-state index contributed by atoms with van der Waals surface area (Å²) in [5, 5.41) is 0.224. The highest BCUT2D eigenvalue weighted by Gasteiger charge is 2.36. The minimum Gasteiger partial charge on any atom is -0.385 e. The molecule has 1 aromatic rings. The zero-order valence-electron chi connectivity index (χ0n) is 18.9. The summed E-state index contributed by atoms with van der Waals surface area (Å²) >= 11 is 5.85. The first kappa shape index (κ1) is 23.5. The summed E-state index contributed by atoms with van der Waals surface area (Å²) in [4.78, 5) is 0.